The van der Waals surface area contributed by atoms with E-state index in [2.05, 4.69) is 9.97 Å². The highest BCUT2D eigenvalue weighted by molar-refractivity contribution is 6.28. The van der Waals surface area contributed by atoms with E-state index in [1.165, 1.54) is 12.1 Å². The fraction of sp³-hybridized carbons (Fsp3) is 0. The molecular formula is C20H12ClFN2O. The standard InChI is InChI=1S/C20H12ClFN2O/c21-20-23-12-14-10-17(25-16-8-6-15(22)7-9-16)11-18(19(14)24-20)13-4-2-1-3-5-13/h1-12H. The van der Waals surface area contributed by atoms with Gasteiger partial charge in [0.05, 0.1) is 5.52 Å². The van der Waals surface area contributed by atoms with Gasteiger partial charge in [-0.2, -0.15) is 0 Å². The molecule has 0 spiro atoms. The summed E-state index contributed by atoms with van der Waals surface area (Å²) in [7, 11) is 0. The van der Waals surface area contributed by atoms with Crippen LogP contribution >= 0.6 is 11.6 Å². The molecule has 1 heterocycles. The van der Waals surface area contributed by atoms with Crippen LogP contribution in [-0.2, 0) is 0 Å². The van der Waals surface area contributed by atoms with Crippen LogP contribution in [0, 0.1) is 5.82 Å². The largest absolute Gasteiger partial charge is 0.457 e. The Morgan fingerprint density at radius 1 is 0.880 bits per heavy atom. The minimum absolute atomic E-state index is 0.192. The average Bonchev–Trinajstić information content (AvgIpc) is 2.64. The molecule has 0 radical (unpaired) electrons. The fourth-order valence-corrected chi connectivity index (χ4v) is 2.77. The summed E-state index contributed by atoms with van der Waals surface area (Å²) < 4.78 is 19.0. The van der Waals surface area contributed by atoms with Crippen molar-refractivity contribution >= 4 is 22.5 Å². The zero-order valence-corrected chi connectivity index (χ0v) is 13.7. The number of benzene rings is 3. The molecule has 4 rings (SSSR count). The zero-order chi connectivity index (χ0) is 17.2. The Labute approximate surface area is 148 Å². The molecule has 3 nitrogen and oxygen atoms in total. The Morgan fingerprint density at radius 2 is 1.64 bits per heavy atom. The van der Waals surface area contributed by atoms with E-state index >= 15 is 0 Å². The van der Waals surface area contributed by atoms with Crippen LogP contribution in [0.25, 0.3) is 22.0 Å². The Bertz CT molecular complexity index is 1040. The van der Waals surface area contributed by atoms with Gasteiger partial charge in [0.2, 0.25) is 5.28 Å². The quantitative estimate of drug-likeness (QED) is 0.433. The lowest BCUT2D eigenvalue weighted by Gasteiger charge is -2.11. The number of nitrogens with zero attached hydrogens (tertiary/aromatic N) is 2. The predicted octanol–water partition coefficient (Wildman–Crippen LogP) is 5.88. The number of aromatic nitrogens is 2. The molecule has 1 aromatic heterocycles. The first-order valence-corrected chi connectivity index (χ1v) is 8.02. The van der Waals surface area contributed by atoms with Gasteiger partial charge in [0.25, 0.3) is 0 Å². The van der Waals surface area contributed by atoms with Gasteiger partial charge >= 0.3 is 0 Å². The van der Waals surface area contributed by atoms with E-state index in [-0.39, 0.29) is 11.1 Å². The van der Waals surface area contributed by atoms with E-state index in [9.17, 15) is 4.39 Å². The highest BCUT2D eigenvalue weighted by Gasteiger charge is 2.10. The lowest BCUT2D eigenvalue weighted by atomic mass is 10.0. The van der Waals surface area contributed by atoms with Crippen LogP contribution in [0.4, 0.5) is 4.39 Å². The molecule has 0 saturated carbocycles. The van der Waals surface area contributed by atoms with Gasteiger partial charge in [-0.3, -0.25) is 0 Å². The molecular weight excluding hydrogens is 339 g/mol. The van der Waals surface area contributed by atoms with E-state index in [0.717, 1.165) is 22.0 Å². The van der Waals surface area contributed by atoms with E-state index in [0.29, 0.717) is 11.5 Å². The highest BCUT2D eigenvalue weighted by Crippen LogP contribution is 2.34. The van der Waals surface area contributed by atoms with Crippen molar-refractivity contribution in [3.8, 4) is 22.6 Å². The van der Waals surface area contributed by atoms with E-state index in [4.69, 9.17) is 16.3 Å². The molecule has 0 unspecified atom stereocenters. The fourth-order valence-electron chi connectivity index (χ4n) is 2.63. The van der Waals surface area contributed by atoms with Crippen LogP contribution < -0.4 is 4.74 Å². The minimum atomic E-state index is -0.307. The van der Waals surface area contributed by atoms with E-state index in [1.807, 2.05) is 42.5 Å². The molecule has 0 amide bonds. The van der Waals surface area contributed by atoms with Crippen LogP contribution in [0.3, 0.4) is 0 Å². The number of hydrogen-bond donors (Lipinski definition) is 0. The normalized spacial score (nSPS) is 10.8. The average molecular weight is 351 g/mol. The first kappa shape index (κ1) is 15.5. The van der Waals surface area contributed by atoms with Crippen molar-refractivity contribution in [3.05, 3.63) is 84.0 Å². The topological polar surface area (TPSA) is 35.0 Å². The third-order valence-electron chi connectivity index (χ3n) is 3.76. The van der Waals surface area contributed by atoms with Gasteiger partial charge in [0.15, 0.2) is 0 Å². The Kier molecular flexibility index (Phi) is 4.04. The number of hydrogen-bond acceptors (Lipinski definition) is 3. The summed E-state index contributed by atoms with van der Waals surface area (Å²) in [5.41, 5.74) is 2.63. The SMILES string of the molecule is Fc1ccc(Oc2cc(-c3ccccc3)c3nc(Cl)ncc3c2)cc1. The van der Waals surface area contributed by atoms with Gasteiger partial charge in [-0.15, -0.1) is 0 Å². The molecule has 0 bridgehead atoms. The van der Waals surface area contributed by atoms with Crippen molar-refractivity contribution < 1.29 is 9.13 Å². The van der Waals surface area contributed by atoms with Crippen LogP contribution in [-0.4, -0.2) is 9.97 Å². The van der Waals surface area contributed by atoms with Gasteiger partial charge in [-0.05, 0) is 53.6 Å². The first-order valence-electron chi connectivity index (χ1n) is 7.64. The van der Waals surface area contributed by atoms with Gasteiger partial charge in [-0.1, -0.05) is 30.3 Å². The molecule has 0 aliphatic heterocycles. The Balaban J connectivity index is 1.86. The maximum absolute atomic E-state index is 13.1. The molecule has 0 fully saturated rings. The highest BCUT2D eigenvalue weighted by atomic mass is 35.5. The predicted molar refractivity (Wildman–Crippen MR) is 96.5 cm³/mol. The van der Waals surface area contributed by atoms with Crippen molar-refractivity contribution in [2.75, 3.05) is 0 Å². The van der Waals surface area contributed by atoms with Gasteiger partial charge in [-0.25, -0.2) is 14.4 Å². The lowest BCUT2D eigenvalue weighted by Crippen LogP contribution is -1.91. The third-order valence-corrected chi connectivity index (χ3v) is 3.94. The summed E-state index contributed by atoms with van der Waals surface area (Å²) in [6.07, 6.45) is 1.66. The summed E-state index contributed by atoms with van der Waals surface area (Å²) >= 11 is 5.97. The number of fused-ring (bicyclic) bond motifs is 1. The smallest absolute Gasteiger partial charge is 0.222 e. The number of ether oxygens (including phenoxy) is 1. The zero-order valence-electron chi connectivity index (χ0n) is 13.0. The molecule has 25 heavy (non-hydrogen) atoms. The van der Waals surface area contributed by atoms with Crippen molar-refractivity contribution in [1.29, 1.82) is 0 Å². The van der Waals surface area contributed by atoms with Crippen LogP contribution in [0.15, 0.2) is 72.9 Å². The van der Waals surface area contributed by atoms with Crippen molar-refractivity contribution in [2.45, 2.75) is 0 Å². The summed E-state index contributed by atoms with van der Waals surface area (Å²) in [4.78, 5) is 8.41. The van der Waals surface area contributed by atoms with Gasteiger partial charge < -0.3 is 4.74 Å². The summed E-state index contributed by atoms with van der Waals surface area (Å²) in [5.74, 6) is 0.859. The van der Waals surface area contributed by atoms with E-state index in [1.54, 1.807) is 18.3 Å². The maximum atomic E-state index is 13.1. The molecule has 3 aromatic carbocycles. The molecule has 0 atom stereocenters. The molecule has 4 aromatic rings. The summed E-state index contributed by atoms with van der Waals surface area (Å²) in [5, 5.41) is 1.000. The van der Waals surface area contributed by atoms with Gasteiger partial charge in [0, 0.05) is 17.1 Å². The van der Waals surface area contributed by atoms with E-state index < -0.39 is 0 Å². The van der Waals surface area contributed by atoms with Crippen LogP contribution in [0.2, 0.25) is 5.28 Å². The Morgan fingerprint density at radius 3 is 2.40 bits per heavy atom. The molecule has 0 saturated heterocycles. The number of halogens is 2. The molecule has 0 aliphatic rings. The molecule has 5 heteroatoms. The van der Waals surface area contributed by atoms with Crippen molar-refractivity contribution in [1.82, 2.24) is 9.97 Å². The summed E-state index contributed by atoms with van der Waals surface area (Å²) in [6, 6.07) is 19.5. The lowest BCUT2D eigenvalue weighted by molar-refractivity contribution is 0.481. The molecule has 0 aliphatic carbocycles. The Hall–Kier alpha value is -2.98. The van der Waals surface area contributed by atoms with Crippen molar-refractivity contribution in [3.63, 3.8) is 0 Å². The first-order chi connectivity index (χ1) is 12.2. The molecule has 0 N–H and O–H groups in total. The monoisotopic (exact) mass is 350 g/mol. The second kappa shape index (κ2) is 6.49. The second-order valence-corrected chi connectivity index (χ2v) is 5.81. The van der Waals surface area contributed by atoms with Crippen LogP contribution in [0.5, 0.6) is 11.5 Å². The minimum Gasteiger partial charge on any atom is -0.457 e. The van der Waals surface area contributed by atoms with Crippen LogP contribution in [0.1, 0.15) is 0 Å². The van der Waals surface area contributed by atoms with Crippen molar-refractivity contribution in [2.24, 2.45) is 0 Å². The second-order valence-electron chi connectivity index (χ2n) is 5.47. The van der Waals surface area contributed by atoms with Gasteiger partial charge in [0.1, 0.15) is 17.3 Å². The third kappa shape index (κ3) is 3.30. The molecule has 122 valence electrons. The summed E-state index contributed by atoms with van der Waals surface area (Å²) in [6.45, 7) is 0. The maximum Gasteiger partial charge on any atom is 0.222 e. The number of rotatable bonds is 3.